The van der Waals surface area contributed by atoms with E-state index in [1.54, 1.807) is 5.40 Å². The van der Waals surface area contributed by atoms with E-state index in [-0.39, 0.29) is 15.7 Å². The van der Waals surface area contributed by atoms with Gasteiger partial charge in [-0.2, -0.15) is 5.26 Å². The lowest BCUT2D eigenvalue weighted by Gasteiger charge is -1.85. The maximum Gasteiger partial charge on any atom is 0.295 e. The molecule has 14 heavy (non-hydrogen) atoms. The number of ketones is 1. The Bertz CT molecular complexity index is 433. The van der Waals surface area contributed by atoms with Crippen LogP contribution < -0.4 is 0 Å². The third kappa shape index (κ3) is 2.10. The number of thiocyanates is 1. The highest BCUT2D eigenvalue weighted by atomic mass is 32.2. The van der Waals surface area contributed by atoms with E-state index in [0.29, 0.717) is 16.6 Å². The SMILES string of the molecule is CC(=O)c1cc([N+](=O)[O-])c(SC#N)s1. The number of nitrogens with zero attached hydrogens (tertiary/aromatic N) is 2. The van der Waals surface area contributed by atoms with Gasteiger partial charge >= 0.3 is 0 Å². The van der Waals surface area contributed by atoms with Crippen molar-refractivity contribution >= 4 is 34.6 Å². The number of nitriles is 1. The van der Waals surface area contributed by atoms with Crippen LogP contribution in [-0.4, -0.2) is 10.7 Å². The Balaban J connectivity index is 3.20. The number of carbonyl (C=O) groups is 1. The van der Waals surface area contributed by atoms with Gasteiger partial charge in [-0.25, -0.2) is 0 Å². The Morgan fingerprint density at radius 1 is 1.79 bits per heavy atom. The van der Waals surface area contributed by atoms with Gasteiger partial charge < -0.3 is 0 Å². The molecule has 0 radical (unpaired) electrons. The van der Waals surface area contributed by atoms with Crippen molar-refractivity contribution in [1.82, 2.24) is 0 Å². The fourth-order valence-corrected chi connectivity index (χ4v) is 2.40. The van der Waals surface area contributed by atoms with E-state index >= 15 is 0 Å². The number of thiophene rings is 1. The molecular formula is C7H4N2O3S2. The third-order valence-corrected chi connectivity index (χ3v) is 3.37. The average molecular weight is 228 g/mol. The Labute approximate surface area is 87.5 Å². The largest absolute Gasteiger partial charge is 0.295 e. The number of hydrogen-bond acceptors (Lipinski definition) is 6. The first-order valence-corrected chi connectivity index (χ1v) is 5.04. The predicted octanol–water partition coefficient (Wildman–Crippen LogP) is 2.43. The van der Waals surface area contributed by atoms with E-state index < -0.39 is 4.92 Å². The highest BCUT2D eigenvalue weighted by Gasteiger charge is 2.21. The second kappa shape index (κ2) is 4.21. The minimum Gasteiger partial charge on any atom is -0.294 e. The summed E-state index contributed by atoms with van der Waals surface area (Å²) in [6, 6.07) is 1.20. The molecule has 0 spiro atoms. The van der Waals surface area contributed by atoms with Gasteiger partial charge in [0, 0.05) is 17.8 Å². The van der Waals surface area contributed by atoms with E-state index in [2.05, 4.69) is 0 Å². The Hall–Kier alpha value is -1.39. The first-order valence-electron chi connectivity index (χ1n) is 3.41. The number of Topliss-reactive ketones (excluding diaryl/α,β-unsaturated/α-hetero) is 1. The summed E-state index contributed by atoms with van der Waals surface area (Å²) in [4.78, 5) is 21.1. The number of thioether (sulfide) groups is 1. The van der Waals surface area contributed by atoms with Crippen LogP contribution in [0.3, 0.4) is 0 Å². The lowest BCUT2D eigenvalue weighted by atomic mass is 10.3. The maximum atomic E-state index is 10.9. The molecule has 0 bridgehead atoms. The molecule has 0 aromatic carbocycles. The maximum absolute atomic E-state index is 10.9. The van der Waals surface area contributed by atoms with Crippen LogP contribution >= 0.6 is 23.1 Å². The van der Waals surface area contributed by atoms with Crippen molar-refractivity contribution in [3.63, 3.8) is 0 Å². The second-order valence-corrected chi connectivity index (χ2v) is 4.40. The van der Waals surface area contributed by atoms with E-state index in [1.807, 2.05) is 0 Å². The molecule has 0 saturated heterocycles. The number of rotatable bonds is 3. The zero-order valence-corrected chi connectivity index (χ0v) is 8.65. The summed E-state index contributed by atoms with van der Waals surface area (Å²) < 4.78 is 0.253. The molecule has 1 rings (SSSR count). The molecule has 0 aliphatic heterocycles. The van der Waals surface area contributed by atoms with Crippen LogP contribution in [0.4, 0.5) is 5.69 Å². The van der Waals surface area contributed by atoms with Gasteiger partial charge in [0.05, 0.1) is 9.80 Å². The van der Waals surface area contributed by atoms with Crippen LogP contribution in [0.1, 0.15) is 16.6 Å². The summed E-state index contributed by atoms with van der Waals surface area (Å²) in [5, 5.41) is 20.6. The quantitative estimate of drug-likeness (QED) is 0.261. The van der Waals surface area contributed by atoms with E-state index in [0.717, 1.165) is 11.3 Å². The van der Waals surface area contributed by atoms with Gasteiger partial charge in [0.25, 0.3) is 5.69 Å². The zero-order valence-electron chi connectivity index (χ0n) is 7.01. The van der Waals surface area contributed by atoms with Crippen LogP contribution in [0.15, 0.2) is 10.3 Å². The molecule has 0 atom stereocenters. The van der Waals surface area contributed by atoms with Gasteiger partial charge in [0.15, 0.2) is 9.99 Å². The van der Waals surface area contributed by atoms with Gasteiger partial charge in [0.2, 0.25) is 0 Å². The van der Waals surface area contributed by atoms with Crippen molar-refractivity contribution in [3.05, 3.63) is 21.1 Å². The Morgan fingerprint density at radius 2 is 2.43 bits per heavy atom. The number of nitro groups is 1. The zero-order chi connectivity index (χ0) is 10.7. The first-order chi connectivity index (χ1) is 6.56. The van der Waals surface area contributed by atoms with Gasteiger partial charge in [-0.3, -0.25) is 14.9 Å². The molecule has 0 amide bonds. The smallest absolute Gasteiger partial charge is 0.294 e. The standard InChI is InChI=1S/C7H4N2O3S2/c1-4(10)6-2-5(9(11)12)7(14-6)13-3-8/h2H,1H3. The minimum absolute atomic E-state index is 0.174. The van der Waals surface area contributed by atoms with Crippen molar-refractivity contribution in [2.75, 3.05) is 0 Å². The Morgan fingerprint density at radius 3 is 2.86 bits per heavy atom. The summed E-state index contributed by atoms with van der Waals surface area (Å²) in [6.07, 6.45) is 0. The van der Waals surface area contributed by atoms with Crippen LogP contribution in [0.25, 0.3) is 0 Å². The van der Waals surface area contributed by atoms with Crippen molar-refractivity contribution in [2.45, 2.75) is 11.1 Å². The number of carbonyl (C=O) groups excluding carboxylic acids is 1. The van der Waals surface area contributed by atoms with E-state index in [1.165, 1.54) is 13.0 Å². The molecule has 7 heteroatoms. The van der Waals surface area contributed by atoms with Crippen LogP contribution in [0.5, 0.6) is 0 Å². The summed E-state index contributed by atoms with van der Waals surface area (Å²) in [7, 11) is 0. The number of hydrogen-bond donors (Lipinski definition) is 0. The minimum atomic E-state index is -0.595. The molecule has 1 aromatic rings. The highest BCUT2D eigenvalue weighted by Crippen LogP contribution is 2.37. The third-order valence-electron chi connectivity index (χ3n) is 1.36. The van der Waals surface area contributed by atoms with Crippen molar-refractivity contribution in [3.8, 4) is 5.40 Å². The normalized spacial score (nSPS) is 9.43. The summed E-state index contributed by atoms with van der Waals surface area (Å²) in [5.74, 6) is -0.233. The molecule has 0 saturated carbocycles. The molecule has 0 N–H and O–H groups in total. The lowest BCUT2D eigenvalue weighted by Crippen LogP contribution is -1.87. The van der Waals surface area contributed by atoms with Crippen LogP contribution in [-0.2, 0) is 0 Å². The van der Waals surface area contributed by atoms with Crippen LogP contribution in [0, 0.1) is 20.8 Å². The van der Waals surface area contributed by atoms with E-state index in [9.17, 15) is 14.9 Å². The average Bonchev–Trinajstić information content (AvgIpc) is 2.49. The first kappa shape index (κ1) is 10.7. The van der Waals surface area contributed by atoms with Crippen LogP contribution in [0.2, 0.25) is 0 Å². The fraction of sp³-hybridized carbons (Fsp3) is 0.143. The lowest BCUT2D eigenvalue weighted by molar-refractivity contribution is -0.387. The van der Waals surface area contributed by atoms with Gasteiger partial charge in [-0.05, 0) is 6.92 Å². The topological polar surface area (TPSA) is 84.0 Å². The molecule has 0 unspecified atom stereocenters. The van der Waals surface area contributed by atoms with Gasteiger partial charge in [-0.15, -0.1) is 11.3 Å². The summed E-state index contributed by atoms with van der Waals surface area (Å²) >= 11 is 1.67. The van der Waals surface area contributed by atoms with Gasteiger partial charge in [-0.1, -0.05) is 0 Å². The molecule has 1 heterocycles. The fourth-order valence-electron chi connectivity index (χ4n) is 0.780. The van der Waals surface area contributed by atoms with Crippen molar-refractivity contribution < 1.29 is 9.72 Å². The van der Waals surface area contributed by atoms with Crippen molar-refractivity contribution in [2.24, 2.45) is 0 Å². The summed E-state index contributed by atoms with van der Waals surface area (Å²) in [5.41, 5.74) is -0.174. The summed E-state index contributed by atoms with van der Waals surface area (Å²) in [6.45, 7) is 1.33. The highest BCUT2D eigenvalue weighted by molar-refractivity contribution is 8.05. The molecule has 72 valence electrons. The molecular weight excluding hydrogens is 224 g/mol. The molecule has 1 aromatic heterocycles. The van der Waals surface area contributed by atoms with Crippen molar-refractivity contribution in [1.29, 1.82) is 5.26 Å². The molecule has 5 nitrogen and oxygen atoms in total. The molecule has 0 aliphatic carbocycles. The van der Waals surface area contributed by atoms with E-state index in [4.69, 9.17) is 5.26 Å². The monoisotopic (exact) mass is 228 g/mol. The molecule has 0 fully saturated rings. The predicted molar refractivity (Wildman–Crippen MR) is 52.4 cm³/mol. The molecule has 0 aliphatic rings. The Kier molecular flexibility index (Phi) is 3.22. The van der Waals surface area contributed by atoms with Gasteiger partial charge in [0.1, 0.15) is 5.40 Å². The second-order valence-electron chi connectivity index (χ2n) is 2.29.